The first-order valence-corrected chi connectivity index (χ1v) is 6.06. The maximum atomic E-state index is 3.80. The minimum absolute atomic E-state index is 0.610. The van der Waals surface area contributed by atoms with E-state index < -0.39 is 0 Å². The molecule has 0 radical (unpaired) electrons. The van der Waals surface area contributed by atoms with Gasteiger partial charge in [-0.05, 0) is 50.6 Å². The van der Waals surface area contributed by atoms with Crippen LogP contribution in [0.4, 0.5) is 0 Å². The smallest absolute Gasteiger partial charge is 0.00938 e. The monoisotopic (exact) mass is 196 g/mol. The lowest BCUT2D eigenvalue weighted by Gasteiger charge is -2.28. The van der Waals surface area contributed by atoms with Crippen molar-refractivity contribution in [3.05, 3.63) is 0 Å². The zero-order chi connectivity index (χ0) is 10.2. The molecule has 2 aliphatic rings. The molecular weight excluding hydrogens is 172 g/mol. The van der Waals surface area contributed by atoms with Crippen LogP contribution in [0.1, 0.15) is 40.0 Å². The quantitative estimate of drug-likeness (QED) is 0.719. The van der Waals surface area contributed by atoms with Crippen molar-refractivity contribution < 1.29 is 0 Å². The lowest BCUT2D eigenvalue weighted by molar-refractivity contribution is 0.324. The Morgan fingerprint density at radius 1 is 1.29 bits per heavy atom. The summed E-state index contributed by atoms with van der Waals surface area (Å²) >= 11 is 0. The highest BCUT2D eigenvalue weighted by Gasteiger charge is 2.48. The van der Waals surface area contributed by atoms with Gasteiger partial charge in [0, 0.05) is 12.1 Å². The van der Waals surface area contributed by atoms with Crippen LogP contribution in [0.25, 0.3) is 0 Å². The first-order chi connectivity index (χ1) is 6.59. The highest BCUT2D eigenvalue weighted by Crippen LogP contribution is 2.53. The van der Waals surface area contributed by atoms with Gasteiger partial charge in [0.05, 0.1) is 0 Å². The fourth-order valence-corrected chi connectivity index (χ4v) is 2.84. The van der Waals surface area contributed by atoms with Gasteiger partial charge in [-0.1, -0.05) is 13.8 Å². The molecule has 1 aliphatic carbocycles. The molecule has 0 amide bonds. The van der Waals surface area contributed by atoms with E-state index in [4.69, 9.17) is 0 Å². The Morgan fingerprint density at radius 3 is 2.36 bits per heavy atom. The molecule has 2 nitrogen and oxygen atoms in total. The molecule has 1 saturated heterocycles. The van der Waals surface area contributed by atoms with Gasteiger partial charge in [0.2, 0.25) is 0 Å². The summed E-state index contributed by atoms with van der Waals surface area (Å²) in [5.74, 6) is 0.914. The van der Waals surface area contributed by atoms with Gasteiger partial charge in [0.25, 0.3) is 0 Å². The number of hydrogen-bond donors (Lipinski definition) is 2. The summed E-state index contributed by atoms with van der Waals surface area (Å²) in [5.41, 5.74) is 0.610. The summed E-state index contributed by atoms with van der Waals surface area (Å²) in [4.78, 5) is 0. The van der Waals surface area contributed by atoms with Gasteiger partial charge in [-0.2, -0.15) is 0 Å². The van der Waals surface area contributed by atoms with Crippen molar-refractivity contribution in [1.29, 1.82) is 0 Å². The first kappa shape index (κ1) is 10.4. The zero-order valence-corrected chi connectivity index (χ0v) is 9.77. The van der Waals surface area contributed by atoms with E-state index in [1.54, 1.807) is 0 Å². The third kappa shape index (κ3) is 2.29. The Morgan fingerprint density at radius 2 is 1.86 bits per heavy atom. The normalized spacial score (nSPS) is 34.1. The van der Waals surface area contributed by atoms with Crippen LogP contribution in [0.2, 0.25) is 0 Å². The Bertz CT molecular complexity index is 194. The predicted molar refractivity (Wildman–Crippen MR) is 60.4 cm³/mol. The second-order valence-electron chi connectivity index (χ2n) is 5.78. The molecule has 2 N–H and O–H groups in total. The molecule has 2 heteroatoms. The fraction of sp³-hybridized carbons (Fsp3) is 1.00. The Labute approximate surface area is 87.8 Å². The van der Waals surface area contributed by atoms with Crippen LogP contribution in [0.15, 0.2) is 0 Å². The average molecular weight is 196 g/mol. The second-order valence-corrected chi connectivity index (χ2v) is 5.78. The van der Waals surface area contributed by atoms with Crippen LogP contribution in [0.5, 0.6) is 0 Å². The fourth-order valence-electron chi connectivity index (χ4n) is 2.84. The Kier molecular flexibility index (Phi) is 2.85. The minimum atomic E-state index is 0.610. The molecule has 82 valence electrons. The summed E-state index contributed by atoms with van der Waals surface area (Å²) < 4.78 is 0. The van der Waals surface area contributed by atoms with Gasteiger partial charge in [-0.25, -0.2) is 0 Å². The van der Waals surface area contributed by atoms with Crippen LogP contribution in [-0.2, 0) is 0 Å². The van der Waals surface area contributed by atoms with E-state index in [0.29, 0.717) is 11.5 Å². The Hall–Kier alpha value is -0.0800. The van der Waals surface area contributed by atoms with Crippen molar-refractivity contribution in [1.82, 2.24) is 10.6 Å². The maximum absolute atomic E-state index is 3.80. The summed E-state index contributed by atoms with van der Waals surface area (Å²) in [6.45, 7) is 9.52. The molecule has 1 aliphatic heterocycles. The van der Waals surface area contributed by atoms with Crippen molar-refractivity contribution in [3.8, 4) is 0 Å². The molecule has 0 aromatic rings. The van der Waals surface area contributed by atoms with Gasteiger partial charge < -0.3 is 10.6 Å². The van der Waals surface area contributed by atoms with Crippen molar-refractivity contribution in [2.45, 2.75) is 52.1 Å². The molecule has 0 bridgehead atoms. The number of nitrogens with one attached hydrogen (secondary N) is 2. The number of rotatable bonds is 3. The number of hydrogen-bond acceptors (Lipinski definition) is 2. The van der Waals surface area contributed by atoms with Gasteiger partial charge in [-0.15, -0.1) is 0 Å². The lowest BCUT2D eigenvalue weighted by atomic mass is 10.0. The van der Waals surface area contributed by atoms with Crippen molar-refractivity contribution in [2.24, 2.45) is 11.3 Å². The van der Waals surface area contributed by atoms with E-state index in [2.05, 4.69) is 31.4 Å². The van der Waals surface area contributed by atoms with Crippen LogP contribution < -0.4 is 10.6 Å². The summed E-state index contributed by atoms with van der Waals surface area (Å²) in [6, 6.07) is 1.48. The van der Waals surface area contributed by atoms with E-state index in [0.717, 1.165) is 12.0 Å². The van der Waals surface area contributed by atoms with Crippen molar-refractivity contribution in [3.63, 3.8) is 0 Å². The van der Waals surface area contributed by atoms with Crippen LogP contribution in [0, 0.1) is 11.3 Å². The summed E-state index contributed by atoms with van der Waals surface area (Å²) in [7, 11) is 0. The van der Waals surface area contributed by atoms with E-state index in [1.807, 2.05) is 0 Å². The SMILES string of the molecule is CC(NC1CCNCC1)C1CC1(C)C. The molecule has 0 aromatic carbocycles. The van der Waals surface area contributed by atoms with E-state index >= 15 is 0 Å². The molecule has 0 spiro atoms. The van der Waals surface area contributed by atoms with Gasteiger partial charge >= 0.3 is 0 Å². The molecule has 2 fully saturated rings. The topological polar surface area (TPSA) is 24.1 Å². The first-order valence-electron chi connectivity index (χ1n) is 6.06. The lowest BCUT2D eigenvalue weighted by Crippen LogP contribution is -2.44. The molecule has 1 heterocycles. The summed E-state index contributed by atoms with van der Waals surface area (Å²) in [6.07, 6.45) is 4.01. The third-order valence-electron chi connectivity index (χ3n) is 4.03. The molecule has 14 heavy (non-hydrogen) atoms. The van der Waals surface area contributed by atoms with Crippen LogP contribution >= 0.6 is 0 Å². The summed E-state index contributed by atoms with van der Waals surface area (Å²) in [5, 5.41) is 7.21. The third-order valence-corrected chi connectivity index (χ3v) is 4.03. The van der Waals surface area contributed by atoms with Gasteiger partial charge in [0.1, 0.15) is 0 Å². The minimum Gasteiger partial charge on any atom is -0.317 e. The van der Waals surface area contributed by atoms with Gasteiger partial charge in [-0.3, -0.25) is 0 Å². The van der Waals surface area contributed by atoms with E-state index in [9.17, 15) is 0 Å². The maximum Gasteiger partial charge on any atom is 0.00938 e. The Balaban J connectivity index is 1.74. The predicted octanol–water partition coefficient (Wildman–Crippen LogP) is 1.76. The van der Waals surface area contributed by atoms with E-state index in [1.165, 1.54) is 32.4 Å². The highest BCUT2D eigenvalue weighted by molar-refractivity contribution is 5.01. The van der Waals surface area contributed by atoms with Crippen LogP contribution in [0.3, 0.4) is 0 Å². The van der Waals surface area contributed by atoms with Crippen molar-refractivity contribution >= 4 is 0 Å². The molecule has 2 rings (SSSR count). The molecule has 0 aromatic heterocycles. The molecular formula is C12H24N2. The zero-order valence-electron chi connectivity index (χ0n) is 9.77. The second kappa shape index (κ2) is 3.82. The number of piperidine rings is 1. The molecule has 1 saturated carbocycles. The molecule has 2 atom stereocenters. The largest absolute Gasteiger partial charge is 0.317 e. The average Bonchev–Trinajstić information content (AvgIpc) is 2.77. The van der Waals surface area contributed by atoms with E-state index in [-0.39, 0.29) is 0 Å². The molecule has 2 unspecified atom stereocenters. The van der Waals surface area contributed by atoms with Crippen molar-refractivity contribution in [2.75, 3.05) is 13.1 Å². The van der Waals surface area contributed by atoms with Crippen LogP contribution in [-0.4, -0.2) is 25.2 Å². The van der Waals surface area contributed by atoms with Gasteiger partial charge in [0.15, 0.2) is 0 Å². The standard InChI is InChI=1S/C12H24N2/c1-9(11-8-12(11,2)3)14-10-4-6-13-7-5-10/h9-11,13-14H,4-8H2,1-3H3. The highest BCUT2D eigenvalue weighted by atomic mass is 15.0.